The van der Waals surface area contributed by atoms with Crippen molar-refractivity contribution in [2.45, 2.75) is 25.9 Å². The largest absolute Gasteiger partial charge is 0.393 e. The molecule has 1 aromatic rings. The second kappa shape index (κ2) is 7.30. The number of aliphatic hydroxyl groups excluding tert-OH is 1. The zero-order valence-electron chi connectivity index (χ0n) is 9.25. The molecule has 0 heterocycles. The Balaban J connectivity index is 2.43. The molecule has 0 saturated heterocycles. The van der Waals surface area contributed by atoms with Crippen LogP contribution in [0, 0.1) is 5.82 Å². The summed E-state index contributed by atoms with van der Waals surface area (Å²) in [5.74, 6) is 1.79. The molecule has 0 spiro atoms. The highest BCUT2D eigenvalue weighted by atomic mass is 79.9. The molecule has 1 nitrogen and oxygen atoms in total. The Morgan fingerprint density at radius 2 is 2.25 bits per heavy atom. The maximum atomic E-state index is 13.0. The summed E-state index contributed by atoms with van der Waals surface area (Å²) in [4.78, 5) is 0. The Kier molecular flexibility index (Phi) is 6.39. The zero-order valence-corrected chi connectivity index (χ0v) is 11.7. The summed E-state index contributed by atoms with van der Waals surface area (Å²) in [6, 6.07) is 4.87. The van der Waals surface area contributed by atoms with Crippen LogP contribution in [-0.2, 0) is 6.42 Å². The molecule has 1 unspecified atom stereocenters. The quantitative estimate of drug-likeness (QED) is 0.810. The summed E-state index contributed by atoms with van der Waals surface area (Å²) < 4.78 is 13.4. The van der Waals surface area contributed by atoms with Crippen LogP contribution >= 0.6 is 27.7 Å². The van der Waals surface area contributed by atoms with Crippen LogP contribution in [0.15, 0.2) is 22.7 Å². The number of hydrogen-bond acceptors (Lipinski definition) is 2. The molecular weight excluding hydrogens is 291 g/mol. The second-order valence-electron chi connectivity index (χ2n) is 3.59. The molecule has 1 aromatic carbocycles. The van der Waals surface area contributed by atoms with E-state index < -0.39 is 0 Å². The molecule has 0 aliphatic rings. The van der Waals surface area contributed by atoms with E-state index in [1.165, 1.54) is 6.07 Å². The van der Waals surface area contributed by atoms with Crippen LogP contribution in [0.5, 0.6) is 0 Å². The fraction of sp³-hybridized carbons (Fsp3) is 0.500. The monoisotopic (exact) mass is 306 g/mol. The van der Waals surface area contributed by atoms with Crippen LogP contribution in [-0.4, -0.2) is 22.7 Å². The first-order valence-electron chi connectivity index (χ1n) is 5.33. The van der Waals surface area contributed by atoms with Gasteiger partial charge in [0.2, 0.25) is 0 Å². The van der Waals surface area contributed by atoms with Gasteiger partial charge >= 0.3 is 0 Å². The van der Waals surface area contributed by atoms with Gasteiger partial charge in [0.25, 0.3) is 0 Å². The molecule has 0 aliphatic heterocycles. The van der Waals surface area contributed by atoms with Gasteiger partial charge in [0.1, 0.15) is 5.82 Å². The van der Waals surface area contributed by atoms with E-state index in [0.717, 1.165) is 23.5 Å². The van der Waals surface area contributed by atoms with Crippen molar-refractivity contribution >= 4 is 27.7 Å². The lowest BCUT2D eigenvalue weighted by atomic mass is 10.1. The standard InChI is InChI=1S/C12H16BrFOS/c1-2-16-6-5-10(15)7-9-3-4-12(14)11(13)8-9/h3-4,8,10,15H,2,5-7H2,1H3. The third-order valence-electron chi connectivity index (χ3n) is 2.25. The molecule has 0 saturated carbocycles. The summed E-state index contributed by atoms with van der Waals surface area (Å²) in [6.45, 7) is 2.11. The van der Waals surface area contributed by atoms with Gasteiger partial charge in [-0.15, -0.1) is 0 Å². The fourth-order valence-corrected chi connectivity index (χ4v) is 2.56. The van der Waals surface area contributed by atoms with Crippen molar-refractivity contribution in [3.8, 4) is 0 Å². The van der Waals surface area contributed by atoms with E-state index in [9.17, 15) is 9.50 Å². The van der Waals surface area contributed by atoms with Gasteiger partial charge in [0.05, 0.1) is 10.6 Å². The molecule has 1 atom stereocenters. The summed E-state index contributed by atoms with van der Waals surface area (Å²) in [5, 5.41) is 9.77. The maximum Gasteiger partial charge on any atom is 0.137 e. The summed E-state index contributed by atoms with van der Waals surface area (Å²) in [7, 11) is 0. The first kappa shape index (κ1) is 14.0. The van der Waals surface area contributed by atoms with Gasteiger partial charge in [-0.05, 0) is 58.0 Å². The summed E-state index contributed by atoms with van der Waals surface area (Å²) in [5.41, 5.74) is 0.960. The van der Waals surface area contributed by atoms with Crippen molar-refractivity contribution in [3.63, 3.8) is 0 Å². The van der Waals surface area contributed by atoms with Crippen LogP contribution in [0.4, 0.5) is 4.39 Å². The van der Waals surface area contributed by atoms with Crippen LogP contribution in [0.25, 0.3) is 0 Å². The topological polar surface area (TPSA) is 20.2 Å². The number of benzene rings is 1. The molecular formula is C12H16BrFOS. The average molecular weight is 307 g/mol. The van der Waals surface area contributed by atoms with Crippen molar-refractivity contribution in [2.24, 2.45) is 0 Å². The number of hydrogen-bond donors (Lipinski definition) is 1. The molecule has 0 bridgehead atoms. The minimum atomic E-state index is -0.337. The van der Waals surface area contributed by atoms with Crippen LogP contribution in [0.3, 0.4) is 0 Å². The Morgan fingerprint density at radius 3 is 2.88 bits per heavy atom. The van der Waals surface area contributed by atoms with E-state index in [0.29, 0.717) is 10.9 Å². The highest BCUT2D eigenvalue weighted by Crippen LogP contribution is 2.18. The van der Waals surface area contributed by atoms with Gasteiger partial charge in [-0.25, -0.2) is 4.39 Å². The van der Waals surface area contributed by atoms with Gasteiger partial charge in [-0.1, -0.05) is 13.0 Å². The Labute approximate surface area is 109 Å². The van der Waals surface area contributed by atoms with E-state index in [2.05, 4.69) is 22.9 Å². The molecule has 0 fully saturated rings. The maximum absolute atomic E-state index is 13.0. The van der Waals surface area contributed by atoms with Crippen LogP contribution in [0.2, 0.25) is 0 Å². The average Bonchev–Trinajstić information content (AvgIpc) is 2.24. The first-order chi connectivity index (χ1) is 7.63. The smallest absolute Gasteiger partial charge is 0.137 e. The normalized spacial score (nSPS) is 12.8. The van der Waals surface area contributed by atoms with Crippen molar-refractivity contribution in [1.82, 2.24) is 0 Å². The molecule has 1 rings (SSSR count). The third-order valence-corrected chi connectivity index (χ3v) is 3.80. The van der Waals surface area contributed by atoms with Gasteiger partial charge in [-0.3, -0.25) is 0 Å². The number of halogens is 2. The van der Waals surface area contributed by atoms with Crippen molar-refractivity contribution < 1.29 is 9.50 Å². The number of rotatable bonds is 6. The highest BCUT2D eigenvalue weighted by Gasteiger charge is 2.07. The molecule has 4 heteroatoms. The molecule has 0 aromatic heterocycles. The van der Waals surface area contributed by atoms with Crippen molar-refractivity contribution in [3.05, 3.63) is 34.1 Å². The number of thioether (sulfide) groups is 1. The molecule has 0 aliphatic carbocycles. The van der Waals surface area contributed by atoms with Crippen LogP contribution in [0.1, 0.15) is 18.9 Å². The molecule has 1 N–H and O–H groups in total. The SMILES string of the molecule is CCSCCC(O)Cc1ccc(F)c(Br)c1. The fourth-order valence-electron chi connectivity index (χ4n) is 1.40. The van der Waals surface area contributed by atoms with E-state index in [1.807, 2.05) is 11.8 Å². The summed E-state index contributed by atoms with van der Waals surface area (Å²) >= 11 is 4.96. The first-order valence-corrected chi connectivity index (χ1v) is 7.28. The van der Waals surface area contributed by atoms with Crippen molar-refractivity contribution in [1.29, 1.82) is 0 Å². The predicted molar refractivity (Wildman–Crippen MR) is 71.4 cm³/mol. The Morgan fingerprint density at radius 1 is 1.50 bits per heavy atom. The molecule has 90 valence electrons. The lowest BCUT2D eigenvalue weighted by Gasteiger charge is -2.10. The predicted octanol–water partition coefficient (Wildman–Crippen LogP) is 3.63. The van der Waals surface area contributed by atoms with E-state index in [4.69, 9.17) is 0 Å². The Hall–Kier alpha value is -0.0600. The molecule has 16 heavy (non-hydrogen) atoms. The molecule has 0 radical (unpaired) electrons. The van der Waals surface area contributed by atoms with Gasteiger partial charge in [-0.2, -0.15) is 11.8 Å². The van der Waals surface area contributed by atoms with E-state index in [1.54, 1.807) is 12.1 Å². The van der Waals surface area contributed by atoms with Crippen LogP contribution < -0.4 is 0 Å². The highest BCUT2D eigenvalue weighted by molar-refractivity contribution is 9.10. The minimum Gasteiger partial charge on any atom is -0.393 e. The van der Waals surface area contributed by atoms with E-state index in [-0.39, 0.29) is 11.9 Å². The number of aliphatic hydroxyl groups is 1. The van der Waals surface area contributed by atoms with Gasteiger partial charge in [0.15, 0.2) is 0 Å². The lowest BCUT2D eigenvalue weighted by Crippen LogP contribution is -2.11. The lowest BCUT2D eigenvalue weighted by molar-refractivity contribution is 0.172. The van der Waals surface area contributed by atoms with E-state index >= 15 is 0 Å². The van der Waals surface area contributed by atoms with Crippen molar-refractivity contribution in [2.75, 3.05) is 11.5 Å². The minimum absolute atomic E-state index is 0.264. The molecule has 0 amide bonds. The van der Waals surface area contributed by atoms with Gasteiger partial charge in [0, 0.05) is 0 Å². The Bertz CT molecular complexity index is 333. The summed E-state index contributed by atoms with van der Waals surface area (Å²) in [6.07, 6.45) is 1.04. The third kappa shape index (κ3) is 4.85. The zero-order chi connectivity index (χ0) is 12.0. The van der Waals surface area contributed by atoms with Gasteiger partial charge < -0.3 is 5.11 Å². The second-order valence-corrected chi connectivity index (χ2v) is 5.84.